The average molecular weight is 490 g/mol. The topological polar surface area (TPSA) is 111 Å². The number of aromatic nitrogens is 3. The summed E-state index contributed by atoms with van der Waals surface area (Å²) in [5, 5.41) is 0. The van der Waals surface area contributed by atoms with Crippen LogP contribution in [0, 0.1) is 12.3 Å². The van der Waals surface area contributed by atoms with Gasteiger partial charge < -0.3 is 0 Å². The Morgan fingerprint density at radius 1 is 1.14 bits per heavy atom. The number of hydrogen-bond donors (Lipinski definition) is 1. The molecule has 0 saturated heterocycles. The van der Waals surface area contributed by atoms with Gasteiger partial charge in [0.25, 0.3) is 0 Å². The van der Waals surface area contributed by atoms with E-state index in [2.05, 4.69) is 21.6 Å². The molecule has 0 amide bonds. The normalized spacial score (nSPS) is 12.0. The van der Waals surface area contributed by atoms with Gasteiger partial charge in [-0.2, -0.15) is 0 Å². The Labute approximate surface area is 204 Å². The highest BCUT2D eigenvalue weighted by Crippen LogP contribution is 2.32. The minimum Gasteiger partial charge on any atom is -0.293 e. The molecular formula is C26H25N4O4S. The molecule has 0 fully saturated rings. The molecule has 0 saturated carbocycles. The summed E-state index contributed by atoms with van der Waals surface area (Å²) in [7, 11) is -3.75. The summed E-state index contributed by atoms with van der Waals surface area (Å²) in [6.07, 6.45) is 3.44. The van der Waals surface area contributed by atoms with Crippen LogP contribution in [0.3, 0.4) is 0 Å². The van der Waals surface area contributed by atoms with E-state index in [0.29, 0.717) is 34.5 Å². The molecule has 0 aliphatic rings. The van der Waals surface area contributed by atoms with Gasteiger partial charge in [0.1, 0.15) is 5.52 Å². The molecule has 8 nitrogen and oxygen atoms in total. The van der Waals surface area contributed by atoms with E-state index in [4.69, 9.17) is 0 Å². The average Bonchev–Trinajstić information content (AvgIpc) is 3.16. The van der Waals surface area contributed by atoms with Gasteiger partial charge in [0.15, 0.2) is 11.4 Å². The maximum absolute atomic E-state index is 13.0. The SMILES string of the molecule is [CH2]c1ccc(-c2cnc3c(n2)c(C(=O)C(C)(C)C)cn3C=O)c(NS(=O)(=O)Cc2ccccc2)c1. The summed E-state index contributed by atoms with van der Waals surface area (Å²) in [6.45, 7) is 9.24. The fourth-order valence-corrected chi connectivity index (χ4v) is 4.90. The van der Waals surface area contributed by atoms with Crippen LogP contribution in [0.5, 0.6) is 0 Å². The quantitative estimate of drug-likeness (QED) is 0.302. The number of sulfonamides is 1. The van der Waals surface area contributed by atoms with Crippen molar-refractivity contribution in [1.29, 1.82) is 0 Å². The Kier molecular flexibility index (Phi) is 6.29. The largest absolute Gasteiger partial charge is 0.293 e. The van der Waals surface area contributed by atoms with Crippen molar-refractivity contribution < 1.29 is 18.0 Å². The van der Waals surface area contributed by atoms with Crippen molar-refractivity contribution in [3.05, 3.63) is 84.5 Å². The number of Topliss-reactive ketones (excluding diaryl/α,β-unsaturated/α-hetero) is 1. The molecule has 0 unspecified atom stereocenters. The van der Waals surface area contributed by atoms with E-state index in [-0.39, 0.29) is 28.3 Å². The Morgan fingerprint density at radius 3 is 2.51 bits per heavy atom. The Bertz CT molecular complexity index is 1540. The van der Waals surface area contributed by atoms with Crippen LogP contribution < -0.4 is 4.72 Å². The third-order valence-corrected chi connectivity index (χ3v) is 6.63. The van der Waals surface area contributed by atoms with Crippen LogP contribution in [0.15, 0.2) is 60.9 Å². The number of ketones is 1. The Balaban J connectivity index is 1.80. The molecule has 2 aromatic carbocycles. The second-order valence-electron chi connectivity index (χ2n) is 9.29. The van der Waals surface area contributed by atoms with Crippen LogP contribution >= 0.6 is 0 Å². The highest BCUT2D eigenvalue weighted by molar-refractivity contribution is 7.91. The van der Waals surface area contributed by atoms with Gasteiger partial charge in [-0.05, 0) is 24.1 Å². The predicted molar refractivity (Wildman–Crippen MR) is 136 cm³/mol. The predicted octanol–water partition coefficient (Wildman–Crippen LogP) is 4.49. The van der Waals surface area contributed by atoms with Crippen LogP contribution in [0.25, 0.3) is 22.4 Å². The molecule has 179 valence electrons. The van der Waals surface area contributed by atoms with Crippen molar-refractivity contribution in [3.8, 4) is 11.3 Å². The van der Waals surface area contributed by atoms with E-state index in [1.54, 1.807) is 63.2 Å². The van der Waals surface area contributed by atoms with Crippen LogP contribution in [-0.2, 0) is 20.6 Å². The standard InChI is InChI=1S/C26H25N4O4S/c1-17-10-11-19(21(12-17)29-35(33,34)15-18-8-6-5-7-9-18)22-13-27-25-23(28-22)20(14-30(25)16-31)24(32)26(2,3)4/h5-14,16,29H,1,15H2,2-4H3. The van der Waals surface area contributed by atoms with E-state index in [0.717, 1.165) is 0 Å². The zero-order valence-corrected chi connectivity index (χ0v) is 20.5. The molecule has 0 atom stereocenters. The van der Waals surface area contributed by atoms with Crippen molar-refractivity contribution in [1.82, 2.24) is 14.5 Å². The molecule has 2 heterocycles. The van der Waals surface area contributed by atoms with E-state index >= 15 is 0 Å². The Morgan fingerprint density at radius 2 is 1.86 bits per heavy atom. The van der Waals surface area contributed by atoms with Crippen molar-refractivity contribution in [3.63, 3.8) is 0 Å². The highest BCUT2D eigenvalue weighted by Gasteiger charge is 2.28. The molecule has 0 spiro atoms. The lowest BCUT2D eigenvalue weighted by atomic mass is 9.87. The molecule has 0 aliphatic heterocycles. The molecule has 0 aliphatic carbocycles. The zero-order valence-electron chi connectivity index (χ0n) is 19.6. The smallest absolute Gasteiger partial charge is 0.236 e. The van der Waals surface area contributed by atoms with Crippen LogP contribution in [0.2, 0.25) is 0 Å². The lowest BCUT2D eigenvalue weighted by Gasteiger charge is -2.16. The minimum atomic E-state index is -3.75. The van der Waals surface area contributed by atoms with Crippen molar-refractivity contribution in [2.75, 3.05) is 4.72 Å². The van der Waals surface area contributed by atoms with Gasteiger partial charge in [-0.15, -0.1) is 0 Å². The van der Waals surface area contributed by atoms with Crippen molar-refractivity contribution in [2.45, 2.75) is 26.5 Å². The molecule has 9 heteroatoms. The summed E-state index contributed by atoms with van der Waals surface area (Å²) in [5.74, 6) is -0.391. The number of fused-ring (bicyclic) bond motifs is 1. The van der Waals surface area contributed by atoms with Gasteiger partial charge >= 0.3 is 0 Å². The molecule has 1 radical (unpaired) electrons. The minimum absolute atomic E-state index is 0.188. The van der Waals surface area contributed by atoms with Crippen molar-refractivity contribution >= 4 is 39.1 Å². The number of carbonyl (C=O) groups excluding carboxylic acids is 2. The lowest BCUT2D eigenvalue weighted by molar-refractivity contribution is 0.0860. The molecular weight excluding hydrogens is 464 g/mol. The number of nitrogens with one attached hydrogen (secondary N) is 1. The lowest BCUT2D eigenvalue weighted by Crippen LogP contribution is -2.20. The molecule has 1 N–H and O–H groups in total. The van der Waals surface area contributed by atoms with E-state index < -0.39 is 15.4 Å². The second-order valence-corrected chi connectivity index (χ2v) is 11.0. The second kappa shape index (κ2) is 9.07. The first-order chi connectivity index (χ1) is 16.5. The van der Waals surface area contributed by atoms with Crippen LogP contribution in [0.1, 0.15) is 42.3 Å². The summed E-state index contributed by atoms with van der Waals surface area (Å²) in [6, 6.07) is 13.9. The third kappa shape index (κ3) is 5.14. The molecule has 2 aromatic heterocycles. The fourth-order valence-electron chi connectivity index (χ4n) is 3.69. The van der Waals surface area contributed by atoms with Gasteiger partial charge in [-0.1, -0.05) is 63.2 Å². The first kappa shape index (κ1) is 24.3. The fraction of sp³-hybridized carbons (Fsp3) is 0.192. The van der Waals surface area contributed by atoms with Gasteiger partial charge in [0, 0.05) is 17.2 Å². The molecule has 4 rings (SSSR count). The van der Waals surface area contributed by atoms with Gasteiger partial charge in [-0.3, -0.25) is 18.9 Å². The maximum atomic E-state index is 13.0. The summed E-state index contributed by atoms with van der Waals surface area (Å²) < 4.78 is 29.7. The number of nitrogens with zero attached hydrogens (tertiary/aromatic N) is 3. The van der Waals surface area contributed by atoms with Gasteiger partial charge in [0.2, 0.25) is 16.4 Å². The Hall–Kier alpha value is -3.85. The number of anilines is 1. The van der Waals surface area contributed by atoms with Crippen LogP contribution in [0.4, 0.5) is 5.69 Å². The van der Waals surface area contributed by atoms with Gasteiger partial charge in [0.05, 0.1) is 28.9 Å². The molecule has 35 heavy (non-hydrogen) atoms. The number of carbonyl (C=O) groups is 2. The third-order valence-electron chi connectivity index (χ3n) is 5.39. The number of rotatable bonds is 7. The van der Waals surface area contributed by atoms with Gasteiger partial charge in [-0.25, -0.2) is 18.4 Å². The zero-order chi connectivity index (χ0) is 25.4. The monoisotopic (exact) mass is 489 g/mol. The van der Waals surface area contributed by atoms with Crippen molar-refractivity contribution in [2.24, 2.45) is 5.41 Å². The van der Waals surface area contributed by atoms with Crippen LogP contribution in [-0.4, -0.2) is 35.1 Å². The first-order valence-electron chi connectivity index (χ1n) is 10.9. The summed E-state index contributed by atoms with van der Waals surface area (Å²) in [4.78, 5) is 33.6. The maximum Gasteiger partial charge on any atom is 0.236 e. The summed E-state index contributed by atoms with van der Waals surface area (Å²) >= 11 is 0. The summed E-state index contributed by atoms with van der Waals surface area (Å²) in [5.41, 5.74) is 2.45. The van der Waals surface area contributed by atoms with E-state index in [1.807, 2.05) is 6.07 Å². The van der Waals surface area contributed by atoms with E-state index in [9.17, 15) is 18.0 Å². The highest BCUT2D eigenvalue weighted by atomic mass is 32.2. The number of benzene rings is 2. The molecule has 0 bridgehead atoms. The molecule has 4 aromatic rings. The van der Waals surface area contributed by atoms with E-state index in [1.165, 1.54) is 17.0 Å². The first-order valence-corrected chi connectivity index (χ1v) is 12.5. The number of hydrogen-bond acceptors (Lipinski definition) is 6.